The molecule has 106 valence electrons. The average Bonchev–Trinajstić information content (AvgIpc) is 3.09. The van der Waals surface area contributed by atoms with E-state index < -0.39 is 0 Å². The van der Waals surface area contributed by atoms with Gasteiger partial charge in [0.05, 0.1) is 5.41 Å². The van der Waals surface area contributed by atoms with Crippen LogP contribution in [0.1, 0.15) is 26.2 Å². The monoisotopic (exact) mass is 336 g/mol. The molecule has 2 aromatic heterocycles. The molecule has 3 rings (SSSR count). The fraction of sp³-hybridized carbons (Fsp3) is 0.500. The van der Waals surface area contributed by atoms with Gasteiger partial charge in [0.2, 0.25) is 11.7 Å². The van der Waals surface area contributed by atoms with E-state index in [0.717, 1.165) is 35.6 Å². The highest BCUT2D eigenvalue weighted by molar-refractivity contribution is 9.10. The third-order valence-electron chi connectivity index (χ3n) is 4.10. The fourth-order valence-electron chi connectivity index (χ4n) is 2.67. The van der Waals surface area contributed by atoms with Crippen molar-refractivity contribution in [1.29, 1.82) is 0 Å². The molecule has 3 heterocycles. The molecule has 1 unspecified atom stereocenters. The van der Waals surface area contributed by atoms with E-state index >= 15 is 0 Å². The van der Waals surface area contributed by atoms with Gasteiger partial charge in [-0.2, -0.15) is 4.98 Å². The summed E-state index contributed by atoms with van der Waals surface area (Å²) in [4.78, 5) is 8.90. The van der Waals surface area contributed by atoms with Crippen molar-refractivity contribution in [3.8, 4) is 11.5 Å². The Hall–Kier alpha value is -1.27. The molecule has 1 fully saturated rings. The van der Waals surface area contributed by atoms with Crippen LogP contribution in [0.2, 0.25) is 0 Å². The Labute approximate surface area is 126 Å². The summed E-state index contributed by atoms with van der Waals surface area (Å²) in [7, 11) is 0. The molecule has 1 aliphatic rings. The van der Waals surface area contributed by atoms with Gasteiger partial charge in [0, 0.05) is 17.2 Å². The Balaban J connectivity index is 1.95. The van der Waals surface area contributed by atoms with Crippen molar-refractivity contribution in [2.24, 2.45) is 5.92 Å². The van der Waals surface area contributed by atoms with E-state index in [0.29, 0.717) is 11.7 Å². The second kappa shape index (κ2) is 5.26. The van der Waals surface area contributed by atoms with Crippen LogP contribution in [0.15, 0.2) is 27.3 Å². The van der Waals surface area contributed by atoms with Gasteiger partial charge in [-0.25, -0.2) is 0 Å². The normalized spacial score (nSPS) is 22.6. The molecule has 0 radical (unpaired) electrons. The summed E-state index contributed by atoms with van der Waals surface area (Å²) < 4.78 is 6.48. The van der Waals surface area contributed by atoms with Gasteiger partial charge in [-0.15, -0.1) is 0 Å². The molecule has 1 N–H and O–H groups in total. The minimum atomic E-state index is -0.0549. The van der Waals surface area contributed by atoms with Crippen molar-refractivity contribution >= 4 is 15.9 Å². The summed E-state index contributed by atoms with van der Waals surface area (Å²) in [5, 5.41) is 7.50. The highest BCUT2D eigenvalue weighted by Crippen LogP contribution is 2.37. The van der Waals surface area contributed by atoms with Crippen LogP contribution < -0.4 is 5.32 Å². The van der Waals surface area contributed by atoms with Crippen molar-refractivity contribution in [3.05, 3.63) is 28.7 Å². The lowest BCUT2D eigenvalue weighted by Gasteiger charge is -2.27. The van der Waals surface area contributed by atoms with E-state index in [-0.39, 0.29) is 5.41 Å². The van der Waals surface area contributed by atoms with Crippen LogP contribution in [-0.2, 0) is 5.41 Å². The lowest BCUT2D eigenvalue weighted by molar-refractivity contribution is 0.234. The molecule has 0 aromatic carbocycles. The van der Waals surface area contributed by atoms with Crippen molar-refractivity contribution in [2.45, 2.75) is 25.7 Å². The van der Waals surface area contributed by atoms with Gasteiger partial charge >= 0.3 is 0 Å². The van der Waals surface area contributed by atoms with Crippen LogP contribution in [-0.4, -0.2) is 28.2 Å². The predicted molar refractivity (Wildman–Crippen MR) is 79.2 cm³/mol. The third-order valence-corrected chi connectivity index (χ3v) is 4.57. The Bertz CT molecular complexity index is 587. The lowest BCUT2D eigenvalue weighted by Crippen LogP contribution is -2.35. The first kappa shape index (κ1) is 13.7. The van der Waals surface area contributed by atoms with Crippen LogP contribution in [0.25, 0.3) is 11.5 Å². The smallest absolute Gasteiger partial charge is 0.234 e. The predicted octanol–water partition coefficient (Wildman–Crippen LogP) is 2.78. The molecule has 2 aromatic rings. The van der Waals surface area contributed by atoms with Crippen LogP contribution >= 0.6 is 15.9 Å². The molecule has 20 heavy (non-hydrogen) atoms. The number of hydrogen-bond acceptors (Lipinski definition) is 5. The first-order chi connectivity index (χ1) is 9.62. The maximum absolute atomic E-state index is 5.55. The van der Waals surface area contributed by atoms with Crippen LogP contribution in [0.4, 0.5) is 0 Å². The molecule has 1 atom stereocenters. The standard InChI is InChI=1S/C14H17BrN4O/c1-9(2)14(5-6-16-8-14)13-18-12(19-20-13)11-4-3-10(15)7-17-11/h3-4,7,9,16H,5-6,8H2,1-2H3. The molecule has 1 saturated heterocycles. The minimum absolute atomic E-state index is 0.0549. The van der Waals surface area contributed by atoms with Gasteiger partial charge in [0.15, 0.2) is 0 Å². The Morgan fingerprint density at radius 3 is 2.85 bits per heavy atom. The highest BCUT2D eigenvalue weighted by Gasteiger charge is 2.43. The number of rotatable bonds is 3. The first-order valence-electron chi connectivity index (χ1n) is 6.79. The molecule has 5 nitrogen and oxygen atoms in total. The van der Waals surface area contributed by atoms with E-state index in [9.17, 15) is 0 Å². The van der Waals surface area contributed by atoms with Gasteiger partial charge in [-0.3, -0.25) is 4.98 Å². The van der Waals surface area contributed by atoms with Crippen molar-refractivity contribution in [3.63, 3.8) is 0 Å². The number of aromatic nitrogens is 3. The molecular weight excluding hydrogens is 320 g/mol. The zero-order valence-electron chi connectivity index (χ0n) is 11.6. The van der Waals surface area contributed by atoms with E-state index in [1.165, 1.54) is 0 Å². The minimum Gasteiger partial charge on any atom is -0.338 e. The average molecular weight is 337 g/mol. The molecule has 6 heteroatoms. The molecule has 0 bridgehead atoms. The van der Waals surface area contributed by atoms with Crippen molar-refractivity contribution in [2.75, 3.05) is 13.1 Å². The van der Waals surface area contributed by atoms with Crippen molar-refractivity contribution < 1.29 is 4.52 Å². The van der Waals surface area contributed by atoms with E-state index in [1.54, 1.807) is 6.20 Å². The lowest BCUT2D eigenvalue weighted by atomic mass is 9.76. The number of halogens is 1. The fourth-order valence-corrected chi connectivity index (χ4v) is 2.91. The number of hydrogen-bond donors (Lipinski definition) is 1. The largest absolute Gasteiger partial charge is 0.338 e. The van der Waals surface area contributed by atoms with E-state index in [2.05, 4.69) is 50.2 Å². The molecule has 0 aliphatic carbocycles. The van der Waals surface area contributed by atoms with Gasteiger partial charge in [-0.1, -0.05) is 19.0 Å². The van der Waals surface area contributed by atoms with E-state index in [4.69, 9.17) is 4.52 Å². The van der Waals surface area contributed by atoms with Gasteiger partial charge < -0.3 is 9.84 Å². The summed E-state index contributed by atoms with van der Waals surface area (Å²) in [6, 6.07) is 3.81. The molecule has 1 aliphatic heterocycles. The number of nitrogens with one attached hydrogen (secondary N) is 1. The Morgan fingerprint density at radius 2 is 2.25 bits per heavy atom. The summed E-state index contributed by atoms with van der Waals surface area (Å²) >= 11 is 3.37. The topological polar surface area (TPSA) is 63.8 Å². The van der Waals surface area contributed by atoms with Crippen LogP contribution in [0.5, 0.6) is 0 Å². The van der Waals surface area contributed by atoms with Gasteiger partial charge in [0.25, 0.3) is 0 Å². The SMILES string of the molecule is CC(C)C1(c2nc(-c3ccc(Br)cn3)no2)CCNC1. The van der Waals surface area contributed by atoms with Crippen molar-refractivity contribution in [1.82, 2.24) is 20.4 Å². The van der Waals surface area contributed by atoms with Crippen LogP contribution in [0.3, 0.4) is 0 Å². The summed E-state index contributed by atoms with van der Waals surface area (Å²) in [5.41, 5.74) is 0.675. The Kier molecular flexibility index (Phi) is 3.60. The maximum atomic E-state index is 5.55. The van der Waals surface area contributed by atoms with Gasteiger partial charge in [0.1, 0.15) is 5.69 Å². The van der Waals surface area contributed by atoms with Crippen LogP contribution in [0, 0.1) is 5.92 Å². The summed E-state index contributed by atoms with van der Waals surface area (Å²) in [6.07, 6.45) is 2.76. The maximum Gasteiger partial charge on any atom is 0.234 e. The molecule has 0 amide bonds. The molecule has 0 spiro atoms. The number of pyridine rings is 1. The zero-order valence-corrected chi connectivity index (χ0v) is 13.1. The first-order valence-corrected chi connectivity index (χ1v) is 7.58. The van der Waals surface area contributed by atoms with E-state index in [1.807, 2.05) is 12.1 Å². The highest BCUT2D eigenvalue weighted by atomic mass is 79.9. The Morgan fingerprint density at radius 1 is 1.40 bits per heavy atom. The molecular formula is C14H17BrN4O. The summed E-state index contributed by atoms with van der Waals surface area (Å²) in [5.74, 6) is 1.72. The quantitative estimate of drug-likeness (QED) is 0.933. The van der Waals surface area contributed by atoms with Gasteiger partial charge in [-0.05, 0) is 46.9 Å². The zero-order chi connectivity index (χ0) is 14.2. The summed E-state index contributed by atoms with van der Waals surface area (Å²) in [6.45, 7) is 6.29. The second-order valence-corrected chi connectivity index (χ2v) is 6.44. The third kappa shape index (κ3) is 2.27. The molecule has 0 saturated carbocycles. The second-order valence-electron chi connectivity index (χ2n) is 5.52. The number of nitrogens with zero attached hydrogens (tertiary/aromatic N) is 3.